The summed E-state index contributed by atoms with van der Waals surface area (Å²) in [6.07, 6.45) is 4.05. The van der Waals surface area contributed by atoms with E-state index in [1.54, 1.807) is 13.4 Å². The van der Waals surface area contributed by atoms with Gasteiger partial charge in [-0.1, -0.05) is 18.2 Å². The van der Waals surface area contributed by atoms with E-state index in [1.165, 1.54) is 0 Å². The van der Waals surface area contributed by atoms with Crippen LogP contribution in [0, 0.1) is 5.92 Å². The first-order valence-corrected chi connectivity index (χ1v) is 10.0. The van der Waals surface area contributed by atoms with Gasteiger partial charge in [-0.3, -0.25) is 4.79 Å². The largest absolute Gasteiger partial charge is 0.496 e. The van der Waals surface area contributed by atoms with Crippen LogP contribution in [0.5, 0.6) is 5.75 Å². The number of para-hydroxylation sites is 1. The number of aromatic amines is 1. The van der Waals surface area contributed by atoms with Gasteiger partial charge >= 0.3 is 0 Å². The third kappa shape index (κ3) is 4.27. The smallest absolute Gasteiger partial charge is 0.226 e. The number of carbonyl (C=O) groups is 1. The molecule has 3 heterocycles. The number of piperidine rings is 1. The first-order chi connectivity index (χ1) is 14.2. The molecule has 0 radical (unpaired) electrons. The zero-order valence-corrected chi connectivity index (χ0v) is 16.9. The van der Waals surface area contributed by atoms with Gasteiger partial charge in [-0.2, -0.15) is 9.97 Å². The van der Waals surface area contributed by atoms with Gasteiger partial charge in [0.05, 0.1) is 19.4 Å². The summed E-state index contributed by atoms with van der Waals surface area (Å²) < 4.78 is 5.37. The maximum Gasteiger partial charge on any atom is 0.226 e. The number of halogens is 1. The van der Waals surface area contributed by atoms with Crippen molar-refractivity contribution in [3.05, 3.63) is 41.4 Å². The topological polar surface area (TPSA) is 96.0 Å². The number of rotatable bonds is 6. The van der Waals surface area contributed by atoms with Crippen molar-refractivity contribution in [2.45, 2.75) is 19.3 Å². The molecule has 9 heteroatoms. The van der Waals surface area contributed by atoms with Crippen LogP contribution in [-0.2, 0) is 11.2 Å². The number of anilines is 1. The van der Waals surface area contributed by atoms with E-state index >= 15 is 0 Å². The molecule has 0 bridgehead atoms. The molecule has 152 valence electrons. The second kappa shape index (κ2) is 8.65. The molecule has 0 spiro atoms. The third-order valence-electron chi connectivity index (χ3n) is 5.22. The Hall–Kier alpha value is -2.87. The van der Waals surface area contributed by atoms with Crippen LogP contribution in [0.1, 0.15) is 18.4 Å². The molecule has 4 rings (SSSR count). The van der Waals surface area contributed by atoms with Crippen molar-refractivity contribution in [1.29, 1.82) is 0 Å². The number of hydrogen-bond donors (Lipinski definition) is 2. The van der Waals surface area contributed by atoms with Crippen molar-refractivity contribution in [1.82, 2.24) is 25.3 Å². The molecule has 1 saturated heterocycles. The van der Waals surface area contributed by atoms with E-state index in [-0.39, 0.29) is 17.1 Å². The number of fused-ring (bicyclic) bond motifs is 1. The van der Waals surface area contributed by atoms with E-state index in [2.05, 4.69) is 30.2 Å². The molecule has 1 unspecified atom stereocenters. The molecule has 29 heavy (non-hydrogen) atoms. The molecule has 1 atom stereocenters. The molecule has 3 aromatic rings. The summed E-state index contributed by atoms with van der Waals surface area (Å²) in [7, 11) is 1.66. The molecular formula is C20H23ClN6O2. The molecule has 0 aliphatic carbocycles. The van der Waals surface area contributed by atoms with Crippen LogP contribution in [0.15, 0.2) is 30.6 Å². The second-order valence-electron chi connectivity index (χ2n) is 7.06. The average Bonchev–Trinajstić information content (AvgIpc) is 3.22. The number of nitrogens with zero attached hydrogens (tertiary/aromatic N) is 4. The van der Waals surface area contributed by atoms with Crippen molar-refractivity contribution in [2.24, 2.45) is 5.92 Å². The number of carbonyl (C=O) groups excluding carboxylic acids is 1. The zero-order chi connectivity index (χ0) is 20.2. The summed E-state index contributed by atoms with van der Waals surface area (Å²) in [5, 5.41) is 3.22. The fraction of sp³-hybridized carbons (Fsp3) is 0.400. The Labute approximate surface area is 173 Å². The number of H-pyrrole nitrogens is 1. The Morgan fingerprint density at radius 1 is 1.38 bits per heavy atom. The van der Waals surface area contributed by atoms with Gasteiger partial charge in [0.15, 0.2) is 11.5 Å². The zero-order valence-electron chi connectivity index (χ0n) is 16.2. The molecule has 2 aromatic heterocycles. The van der Waals surface area contributed by atoms with Crippen molar-refractivity contribution in [3.63, 3.8) is 0 Å². The second-order valence-corrected chi connectivity index (χ2v) is 7.39. The van der Waals surface area contributed by atoms with Crippen LogP contribution in [0.4, 0.5) is 5.82 Å². The van der Waals surface area contributed by atoms with Gasteiger partial charge in [0.1, 0.15) is 11.3 Å². The summed E-state index contributed by atoms with van der Waals surface area (Å²) in [4.78, 5) is 30.6. The highest BCUT2D eigenvalue weighted by Crippen LogP contribution is 2.27. The van der Waals surface area contributed by atoms with Crippen LogP contribution >= 0.6 is 11.6 Å². The van der Waals surface area contributed by atoms with Crippen molar-refractivity contribution in [3.8, 4) is 5.75 Å². The molecular weight excluding hydrogens is 392 g/mol. The maximum absolute atomic E-state index is 12.8. The van der Waals surface area contributed by atoms with E-state index in [4.69, 9.17) is 16.3 Å². The lowest BCUT2D eigenvalue weighted by Crippen LogP contribution is -2.44. The van der Waals surface area contributed by atoms with Crippen LogP contribution in [0.3, 0.4) is 0 Å². The van der Waals surface area contributed by atoms with Crippen molar-refractivity contribution >= 4 is 34.5 Å². The van der Waals surface area contributed by atoms with Gasteiger partial charge in [-0.15, -0.1) is 0 Å². The van der Waals surface area contributed by atoms with Crippen LogP contribution < -0.4 is 15.0 Å². The fourth-order valence-electron chi connectivity index (χ4n) is 3.78. The lowest BCUT2D eigenvalue weighted by molar-refractivity contribution is -0.125. The Morgan fingerprint density at radius 3 is 3.10 bits per heavy atom. The molecule has 0 saturated carbocycles. The summed E-state index contributed by atoms with van der Waals surface area (Å²) in [5.41, 5.74) is 2.35. The molecule has 1 aromatic carbocycles. The molecule has 1 fully saturated rings. The first kappa shape index (κ1) is 19.4. The van der Waals surface area contributed by atoms with Gasteiger partial charge in [-0.05, 0) is 42.5 Å². The summed E-state index contributed by atoms with van der Waals surface area (Å²) >= 11 is 6.06. The van der Waals surface area contributed by atoms with E-state index in [9.17, 15) is 4.79 Å². The van der Waals surface area contributed by atoms with Crippen LogP contribution in [0.2, 0.25) is 5.28 Å². The Bertz CT molecular complexity index is 1010. The maximum atomic E-state index is 12.8. The lowest BCUT2D eigenvalue weighted by atomic mass is 9.97. The monoisotopic (exact) mass is 414 g/mol. The number of amides is 1. The van der Waals surface area contributed by atoms with E-state index in [1.807, 2.05) is 24.3 Å². The number of imidazole rings is 1. The number of benzene rings is 1. The van der Waals surface area contributed by atoms with Gasteiger partial charge in [0.2, 0.25) is 11.2 Å². The Kier molecular flexibility index (Phi) is 5.80. The number of nitrogens with one attached hydrogen (secondary N) is 2. The minimum absolute atomic E-state index is 0.0607. The van der Waals surface area contributed by atoms with E-state index in [0.29, 0.717) is 24.6 Å². The minimum Gasteiger partial charge on any atom is -0.496 e. The predicted molar refractivity (Wildman–Crippen MR) is 111 cm³/mol. The summed E-state index contributed by atoms with van der Waals surface area (Å²) in [5.74, 6) is 1.50. The summed E-state index contributed by atoms with van der Waals surface area (Å²) in [6.45, 7) is 1.97. The van der Waals surface area contributed by atoms with Gasteiger partial charge < -0.3 is 19.9 Å². The molecule has 8 nitrogen and oxygen atoms in total. The highest BCUT2D eigenvalue weighted by molar-refractivity contribution is 6.28. The number of ether oxygens (including phenoxy) is 1. The van der Waals surface area contributed by atoms with Gasteiger partial charge in [-0.25, -0.2) is 4.98 Å². The minimum atomic E-state index is -0.104. The Balaban J connectivity index is 1.39. The van der Waals surface area contributed by atoms with Gasteiger partial charge in [0, 0.05) is 19.6 Å². The highest BCUT2D eigenvalue weighted by atomic mass is 35.5. The number of methoxy groups -OCH3 is 1. The van der Waals surface area contributed by atoms with Crippen LogP contribution in [-0.4, -0.2) is 52.6 Å². The van der Waals surface area contributed by atoms with Crippen LogP contribution in [0.25, 0.3) is 11.2 Å². The standard InChI is InChI=1S/C20H23ClN6O2/c1-29-15-7-3-2-5-13(15)8-9-22-19(28)14-6-4-10-27(11-14)18-16-17(24-12-23-16)25-20(21)26-18/h2-3,5,7,12,14H,4,6,8-11H2,1H3,(H,22,28)(H,23,24,25,26). The molecule has 1 aliphatic heterocycles. The van der Waals surface area contributed by atoms with Crippen molar-refractivity contribution < 1.29 is 9.53 Å². The molecule has 1 aliphatic rings. The van der Waals surface area contributed by atoms with E-state index < -0.39 is 0 Å². The normalized spacial score (nSPS) is 16.8. The van der Waals surface area contributed by atoms with E-state index in [0.717, 1.165) is 42.6 Å². The molecule has 2 N–H and O–H groups in total. The predicted octanol–water partition coefficient (Wildman–Crippen LogP) is 2.59. The fourth-order valence-corrected chi connectivity index (χ4v) is 3.94. The number of hydrogen-bond acceptors (Lipinski definition) is 6. The highest BCUT2D eigenvalue weighted by Gasteiger charge is 2.28. The lowest BCUT2D eigenvalue weighted by Gasteiger charge is -2.33. The Morgan fingerprint density at radius 2 is 2.24 bits per heavy atom. The van der Waals surface area contributed by atoms with Gasteiger partial charge in [0.25, 0.3) is 0 Å². The third-order valence-corrected chi connectivity index (χ3v) is 5.39. The summed E-state index contributed by atoms with van der Waals surface area (Å²) in [6, 6.07) is 7.86. The molecule has 1 amide bonds. The first-order valence-electron chi connectivity index (χ1n) is 9.67. The number of aromatic nitrogens is 4. The SMILES string of the molecule is COc1ccccc1CCNC(=O)C1CCCN(c2nc(Cl)nc3nc[nH]c23)C1. The quantitative estimate of drug-likeness (QED) is 0.602. The average molecular weight is 415 g/mol. The van der Waals surface area contributed by atoms with Crippen molar-refractivity contribution in [2.75, 3.05) is 31.6 Å².